The molecule has 1 unspecified atom stereocenters. The molecule has 0 radical (unpaired) electrons. The van der Waals surface area contributed by atoms with Gasteiger partial charge >= 0.3 is 59.1 Å². The minimum atomic E-state index is -4.26. The van der Waals surface area contributed by atoms with Gasteiger partial charge in [-0.05, 0) is 37.3 Å². The van der Waals surface area contributed by atoms with E-state index in [0.29, 0.717) is 0 Å². The first-order valence-electron chi connectivity index (χ1n) is 10.6. The number of carbonyl (C=O) groups is 3. The SMILES string of the molecule is CC1=NN(c2cccc(S(=O)(=O)Nc3ccccc3C(=O)[O-])c2)C(=O)C1N=Nc1ccccc1C(=O)[O-].[Na+].[Na+]. The van der Waals surface area contributed by atoms with E-state index in [1.54, 1.807) is 6.07 Å². The van der Waals surface area contributed by atoms with Crippen LogP contribution in [0.2, 0.25) is 0 Å². The van der Waals surface area contributed by atoms with E-state index in [0.717, 1.165) is 5.01 Å². The standard InChI is InChI=1S/C24H19N5O7S.2Na/c1-14-21(26-25-19-11-4-2-9-17(19)23(31)32)22(30)29(27-14)15-7-6-8-16(13-15)37(35,36)28-20-12-5-3-10-18(20)24(33)34;;/h2-13,21,28H,1H3,(H,31,32)(H,33,34);;/q;2*+1/p-2. The average molecular weight is 565 g/mol. The Bertz CT molecular complexity index is 1590. The Balaban J connectivity index is 0.00000267. The van der Waals surface area contributed by atoms with Gasteiger partial charge in [0.1, 0.15) is 0 Å². The van der Waals surface area contributed by atoms with Crippen LogP contribution < -0.4 is 79.1 Å². The first-order valence-corrected chi connectivity index (χ1v) is 12.1. The fourth-order valence-corrected chi connectivity index (χ4v) is 4.58. The molecule has 1 heterocycles. The number of carboxylic acids is 2. The average Bonchev–Trinajstić information content (AvgIpc) is 3.15. The minimum absolute atomic E-state index is 0. The normalized spacial score (nSPS) is 14.8. The molecule has 1 aliphatic heterocycles. The first kappa shape index (κ1) is 32.3. The Morgan fingerprint density at radius 1 is 0.923 bits per heavy atom. The number of hydrazone groups is 1. The number of anilines is 2. The van der Waals surface area contributed by atoms with Gasteiger partial charge in [-0.3, -0.25) is 9.52 Å². The van der Waals surface area contributed by atoms with Crippen molar-refractivity contribution in [1.82, 2.24) is 0 Å². The van der Waals surface area contributed by atoms with Crippen molar-refractivity contribution in [3.8, 4) is 0 Å². The van der Waals surface area contributed by atoms with Crippen molar-refractivity contribution in [2.24, 2.45) is 15.3 Å². The van der Waals surface area contributed by atoms with Crippen molar-refractivity contribution in [3.05, 3.63) is 83.9 Å². The monoisotopic (exact) mass is 565 g/mol. The molecule has 0 aromatic heterocycles. The van der Waals surface area contributed by atoms with Gasteiger partial charge in [0.25, 0.3) is 15.9 Å². The fourth-order valence-electron chi connectivity index (χ4n) is 3.46. The van der Waals surface area contributed by atoms with Gasteiger partial charge in [-0.15, -0.1) is 0 Å². The third-order valence-corrected chi connectivity index (χ3v) is 6.63. The maximum atomic E-state index is 13.0. The minimum Gasteiger partial charge on any atom is -0.545 e. The number of aromatic carboxylic acids is 2. The van der Waals surface area contributed by atoms with Crippen LogP contribution in [0.1, 0.15) is 27.6 Å². The maximum Gasteiger partial charge on any atom is 1.00 e. The summed E-state index contributed by atoms with van der Waals surface area (Å²) in [6, 6.07) is 15.2. The van der Waals surface area contributed by atoms with Crippen LogP contribution in [0.4, 0.5) is 17.1 Å². The number of amides is 1. The third kappa shape index (κ3) is 7.19. The summed E-state index contributed by atoms with van der Waals surface area (Å²) in [5, 5.41) is 35.5. The topological polar surface area (TPSA) is 184 Å². The van der Waals surface area contributed by atoms with Gasteiger partial charge in [0.05, 0.1) is 39.6 Å². The number of azo groups is 1. The third-order valence-electron chi connectivity index (χ3n) is 5.26. The first-order chi connectivity index (χ1) is 17.6. The molecular formula is C24H17N5Na2O7S. The van der Waals surface area contributed by atoms with E-state index < -0.39 is 33.9 Å². The summed E-state index contributed by atoms with van der Waals surface area (Å²) >= 11 is 0. The van der Waals surface area contributed by atoms with Crippen molar-refractivity contribution < 1.29 is 92.1 Å². The van der Waals surface area contributed by atoms with E-state index in [4.69, 9.17) is 0 Å². The smallest absolute Gasteiger partial charge is 0.545 e. The largest absolute Gasteiger partial charge is 1.00 e. The zero-order chi connectivity index (χ0) is 26.7. The Kier molecular flexibility index (Phi) is 11.1. The number of sulfonamides is 1. The predicted octanol–water partition coefficient (Wildman–Crippen LogP) is -4.90. The van der Waals surface area contributed by atoms with Gasteiger partial charge in [-0.1, -0.05) is 42.5 Å². The van der Waals surface area contributed by atoms with Crippen LogP contribution in [0.3, 0.4) is 0 Å². The second-order valence-corrected chi connectivity index (χ2v) is 9.43. The second-order valence-electron chi connectivity index (χ2n) is 7.75. The molecule has 3 aromatic rings. The number of carboxylic acid groups (broad SMARTS) is 2. The van der Waals surface area contributed by atoms with Crippen LogP contribution in [0, 0.1) is 0 Å². The van der Waals surface area contributed by atoms with Crippen molar-refractivity contribution in [2.75, 3.05) is 9.73 Å². The number of nitrogens with zero attached hydrogens (tertiary/aromatic N) is 4. The molecular weight excluding hydrogens is 548 g/mol. The summed E-state index contributed by atoms with van der Waals surface area (Å²) in [6.45, 7) is 1.52. The maximum absolute atomic E-state index is 13.0. The van der Waals surface area contributed by atoms with E-state index in [-0.39, 0.29) is 97.9 Å². The van der Waals surface area contributed by atoms with E-state index in [1.165, 1.54) is 73.7 Å². The molecule has 0 saturated heterocycles. The van der Waals surface area contributed by atoms with Crippen LogP contribution in [-0.4, -0.2) is 38.0 Å². The number of carbonyl (C=O) groups excluding carboxylic acids is 3. The zero-order valence-corrected chi connectivity index (χ0v) is 25.9. The summed E-state index contributed by atoms with van der Waals surface area (Å²) in [5.41, 5.74) is -0.379. The summed E-state index contributed by atoms with van der Waals surface area (Å²) in [5.74, 6) is -3.65. The van der Waals surface area contributed by atoms with Crippen molar-refractivity contribution in [1.29, 1.82) is 0 Å². The van der Waals surface area contributed by atoms with Crippen LogP contribution >= 0.6 is 0 Å². The number of nitrogens with one attached hydrogen (secondary N) is 1. The molecule has 0 bridgehead atoms. The molecule has 1 atom stereocenters. The fraction of sp³-hybridized carbons (Fsp3) is 0.0833. The van der Waals surface area contributed by atoms with E-state index in [9.17, 15) is 33.0 Å². The number of rotatable bonds is 8. The molecule has 1 amide bonds. The molecule has 39 heavy (non-hydrogen) atoms. The molecule has 0 fully saturated rings. The van der Waals surface area contributed by atoms with E-state index in [1.807, 2.05) is 0 Å². The summed E-state index contributed by atoms with van der Waals surface area (Å²) in [4.78, 5) is 35.3. The second kappa shape index (κ2) is 13.4. The summed E-state index contributed by atoms with van der Waals surface area (Å²) < 4.78 is 28.1. The van der Waals surface area contributed by atoms with Gasteiger partial charge in [0.15, 0.2) is 6.04 Å². The predicted molar refractivity (Wildman–Crippen MR) is 128 cm³/mol. The van der Waals surface area contributed by atoms with Crippen LogP contribution in [0.15, 0.2) is 93.0 Å². The number of para-hydroxylation sites is 1. The van der Waals surface area contributed by atoms with E-state index >= 15 is 0 Å². The Morgan fingerprint density at radius 3 is 2.21 bits per heavy atom. The summed E-state index contributed by atoms with van der Waals surface area (Å²) in [6.07, 6.45) is 0. The zero-order valence-electron chi connectivity index (χ0n) is 21.1. The van der Waals surface area contributed by atoms with Crippen molar-refractivity contribution >= 4 is 50.6 Å². The van der Waals surface area contributed by atoms with E-state index in [2.05, 4.69) is 20.1 Å². The molecule has 0 spiro atoms. The van der Waals surface area contributed by atoms with Crippen molar-refractivity contribution in [2.45, 2.75) is 17.9 Å². The summed E-state index contributed by atoms with van der Waals surface area (Å²) in [7, 11) is -4.26. The van der Waals surface area contributed by atoms with Gasteiger partial charge < -0.3 is 19.8 Å². The molecule has 188 valence electrons. The van der Waals surface area contributed by atoms with Crippen LogP contribution in [0.25, 0.3) is 0 Å². The van der Waals surface area contributed by atoms with Gasteiger partial charge in [-0.25, -0.2) is 8.42 Å². The Morgan fingerprint density at radius 2 is 1.54 bits per heavy atom. The van der Waals surface area contributed by atoms with Gasteiger partial charge in [0, 0.05) is 11.1 Å². The number of hydrogen-bond donors (Lipinski definition) is 1. The molecule has 0 saturated carbocycles. The van der Waals surface area contributed by atoms with Gasteiger partial charge in [-0.2, -0.15) is 20.3 Å². The molecule has 1 aliphatic rings. The molecule has 3 aromatic carbocycles. The van der Waals surface area contributed by atoms with Crippen LogP contribution in [0.5, 0.6) is 0 Å². The Hall–Kier alpha value is -2.91. The van der Waals surface area contributed by atoms with Crippen molar-refractivity contribution in [3.63, 3.8) is 0 Å². The number of hydrogen-bond acceptors (Lipinski definition) is 10. The molecule has 1 N–H and O–H groups in total. The molecule has 15 heteroatoms. The van der Waals surface area contributed by atoms with Crippen LogP contribution in [-0.2, 0) is 14.8 Å². The Labute approximate surface area is 267 Å². The molecule has 4 rings (SSSR count). The number of benzene rings is 3. The molecule has 0 aliphatic carbocycles. The molecule has 12 nitrogen and oxygen atoms in total. The van der Waals surface area contributed by atoms with Gasteiger partial charge in [0.2, 0.25) is 0 Å². The quantitative estimate of drug-likeness (QED) is 0.210.